The second-order valence-corrected chi connectivity index (χ2v) is 20.2. The first-order valence-corrected chi connectivity index (χ1v) is 24.9. The lowest BCUT2D eigenvalue weighted by molar-refractivity contribution is -0.284. The summed E-state index contributed by atoms with van der Waals surface area (Å²) in [5, 5.41) is 0. The van der Waals surface area contributed by atoms with Gasteiger partial charge in [-0.1, -0.05) is 154 Å². The molecule has 7 atom stereocenters. The second-order valence-electron chi connectivity index (χ2n) is 18.5. The van der Waals surface area contributed by atoms with Crippen LogP contribution in [-0.2, 0) is 26.8 Å². The molecule has 4 rings (SSSR count). The molecule has 3 nitrogen and oxygen atoms in total. The molecule has 0 aliphatic heterocycles. The van der Waals surface area contributed by atoms with E-state index in [-0.39, 0.29) is 29.7 Å². The third kappa shape index (κ3) is 15.2. The molecule has 0 radical (unpaired) electrons. The lowest BCUT2D eigenvalue weighted by atomic mass is 9.52. The largest absolute Gasteiger partial charge is 0.462 e. The molecule has 1 aromatic carbocycles. The number of rotatable bonds is 29. The second kappa shape index (κ2) is 24.7. The van der Waals surface area contributed by atoms with E-state index < -0.39 is 29.3 Å². The van der Waals surface area contributed by atoms with E-state index in [2.05, 4.69) is 38.1 Å². The van der Waals surface area contributed by atoms with Crippen LogP contribution in [0.5, 0.6) is 0 Å². The van der Waals surface area contributed by atoms with Crippen molar-refractivity contribution in [2.75, 3.05) is 11.5 Å². The number of carbonyl (C=O) groups is 1. The van der Waals surface area contributed by atoms with Gasteiger partial charge in [0.1, 0.15) is 6.10 Å². The van der Waals surface area contributed by atoms with E-state index in [1.54, 1.807) is 5.56 Å². The van der Waals surface area contributed by atoms with Gasteiger partial charge >= 0.3 is 18.1 Å². The normalized spacial score (nSPS) is 25.1. The minimum absolute atomic E-state index is 0.0121. The van der Waals surface area contributed by atoms with E-state index in [9.17, 15) is 31.0 Å². The fraction of sp³-hybridized carbons (Fsp3) is 0.854. The van der Waals surface area contributed by atoms with Crippen LogP contribution in [-0.4, -0.2) is 39.9 Å². The van der Waals surface area contributed by atoms with Gasteiger partial charge in [-0.2, -0.15) is 22.0 Å². The van der Waals surface area contributed by atoms with Gasteiger partial charge in [-0.15, -0.1) is 0 Å². The number of unbranched alkanes of at least 4 members (excludes halogenated alkanes) is 18. The number of halogens is 5. The summed E-state index contributed by atoms with van der Waals surface area (Å²) in [5.74, 6) is -2.00. The van der Waals surface area contributed by atoms with Gasteiger partial charge in [0.15, 0.2) is 0 Å². The Labute approximate surface area is 345 Å². The third-order valence-corrected chi connectivity index (χ3v) is 15.7. The molecule has 0 spiro atoms. The molecule has 9 heteroatoms. The lowest BCUT2D eigenvalue weighted by Gasteiger charge is -2.53. The maximum Gasteiger partial charge on any atom is 0.453 e. The minimum atomic E-state index is -5.54. The van der Waals surface area contributed by atoms with Crippen molar-refractivity contribution >= 4 is 16.8 Å². The van der Waals surface area contributed by atoms with E-state index in [0.29, 0.717) is 42.3 Å². The summed E-state index contributed by atoms with van der Waals surface area (Å²) in [5.41, 5.74) is 3.14. The first-order chi connectivity index (χ1) is 27.4. The molecule has 3 aliphatic carbocycles. The SMILES string of the molecule is CCCCCCCCCCCCCCCC(=O)OC1CCC2C3C(CCCCCCCCCS(=O)CCCC(F)(F)C(F)(F)F)Cc4ccccc4C3CCC12C. The number of benzene rings is 1. The summed E-state index contributed by atoms with van der Waals surface area (Å²) in [6, 6.07) is 9.10. The summed E-state index contributed by atoms with van der Waals surface area (Å²) < 4.78 is 81.7. The van der Waals surface area contributed by atoms with Gasteiger partial charge < -0.3 is 4.74 Å². The number of hydrogen-bond donors (Lipinski definition) is 0. The zero-order valence-electron chi connectivity index (χ0n) is 35.6. The van der Waals surface area contributed by atoms with E-state index >= 15 is 0 Å². The van der Waals surface area contributed by atoms with Crippen molar-refractivity contribution in [2.45, 2.75) is 224 Å². The summed E-state index contributed by atoms with van der Waals surface area (Å²) >= 11 is 0. The lowest BCUT2D eigenvalue weighted by Crippen LogP contribution is -2.48. The first-order valence-electron chi connectivity index (χ1n) is 23.4. The third-order valence-electron chi connectivity index (χ3n) is 14.2. The highest BCUT2D eigenvalue weighted by molar-refractivity contribution is 7.84. The van der Waals surface area contributed by atoms with Crippen molar-refractivity contribution in [3.8, 4) is 0 Å². The average molecular weight is 829 g/mol. The quantitative estimate of drug-likeness (QED) is 0.0459. The maximum absolute atomic E-state index is 13.1. The van der Waals surface area contributed by atoms with Crippen molar-refractivity contribution in [2.24, 2.45) is 23.2 Å². The molecule has 3 aliphatic rings. The topological polar surface area (TPSA) is 43.4 Å². The number of hydrogen-bond acceptors (Lipinski definition) is 3. The molecule has 2 saturated carbocycles. The summed E-state index contributed by atoms with van der Waals surface area (Å²) in [4.78, 5) is 13.1. The predicted octanol–water partition coefficient (Wildman–Crippen LogP) is 15.0. The molecule has 0 saturated heterocycles. The Kier molecular flexibility index (Phi) is 20.8. The van der Waals surface area contributed by atoms with Crippen LogP contribution in [0.4, 0.5) is 22.0 Å². The maximum atomic E-state index is 13.1. The van der Waals surface area contributed by atoms with E-state index in [0.717, 1.165) is 64.2 Å². The van der Waals surface area contributed by atoms with Crippen LogP contribution in [0.25, 0.3) is 0 Å². The standard InChI is InChI=1S/C48H77F5O3S/c1-3-4-5-6-7-8-9-10-11-12-15-18-21-29-44(54)56-43-31-30-42-45-39(37-38-26-22-23-28-40(38)41(45)32-34-46(42,43)2)27-20-17-14-13-16-19-24-35-57(55)36-25-33-47(49,50)48(51,52)53/h22-23,26,28,39,41-43,45H,3-21,24-25,27,29-37H2,1-2H3. The van der Waals surface area contributed by atoms with Gasteiger partial charge in [0, 0.05) is 40.6 Å². The van der Waals surface area contributed by atoms with Crippen LogP contribution in [0, 0.1) is 23.2 Å². The Morgan fingerprint density at radius 1 is 0.737 bits per heavy atom. The Hall–Kier alpha value is -1.51. The van der Waals surface area contributed by atoms with Crippen molar-refractivity contribution in [1.82, 2.24) is 0 Å². The van der Waals surface area contributed by atoms with E-state index in [4.69, 9.17) is 4.74 Å². The van der Waals surface area contributed by atoms with Crippen LogP contribution in [0.2, 0.25) is 0 Å². The molecular formula is C48H77F5O3S. The molecule has 0 amide bonds. The highest BCUT2D eigenvalue weighted by atomic mass is 32.2. The molecule has 0 bridgehead atoms. The Balaban J connectivity index is 1.13. The van der Waals surface area contributed by atoms with Gasteiger partial charge in [-0.25, -0.2) is 0 Å². The number of ether oxygens (including phenoxy) is 1. The average Bonchev–Trinajstić information content (AvgIpc) is 3.50. The van der Waals surface area contributed by atoms with Crippen LogP contribution in [0.15, 0.2) is 24.3 Å². The highest BCUT2D eigenvalue weighted by Gasteiger charge is 2.58. The number of alkyl halides is 5. The molecule has 0 N–H and O–H groups in total. The number of fused-ring (bicyclic) bond motifs is 5. The predicted molar refractivity (Wildman–Crippen MR) is 225 cm³/mol. The van der Waals surface area contributed by atoms with Crippen molar-refractivity contribution in [3.05, 3.63) is 35.4 Å². The molecule has 0 heterocycles. The van der Waals surface area contributed by atoms with Crippen molar-refractivity contribution in [3.63, 3.8) is 0 Å². The smallest absolute Gasteiger partial charge is 0.453 e. The fourth-order valence-electron chi connectivity index (χ4n) is 10.9. The zero-order chi connectivity index (χ0) is 41.2. The van der Waals surface area contributed by atoms with Gasteiger partial charge in [-0.3, -0.25) is 9.00 Å². The van der Waals surface area contributed by atoms with Crippen molar-refractivity contribution < 1.29 is 35.7 Å². The van der Waals surface area contributed by atoms with Gasteiger partial charge in [0.05, 0.1) is 0 Å². The number of carbonyl (C=O) groups excluding carboxylic acids is 1. The van der Waals surface area contributed by atoms with Gasteiger partial charge in [0.25, 0.3) is 0 Å². The zero-order valence-corrected chi connectivity index (χ0v) is 36.5. The van der Waals surface area contributed by atoms with Gasteiger partial charge in [0.2, 0.25) is 0 Å². The highest BCUT2D eigenvalue weighted by Crippen LogP contribution is 2.63. The van der Waals surface area contributed by atoms with Crippen LogP contribution < -0.4 is 0 Å². The molecule has 2 fully saturated rings. The number of esters is 1. The summed E-state index contributed by atoms with van der Waals surface area (Å²) in [6.45, 7) is 4.70. The van der Waals surface area contributed by atoms with Gasteiger partial charge in [-0.05, 0) is 92.6 Å². The van der Waals surface area contributed by atoms with Crippen LogP contribution >= 0.6 is 0 Å². The monoisotopic (exact) mass is 829 g/mol. The van der Waals surface area contributed by atoms with Crippen molar-refractivity contribution in [1.29, 1.82) is 0 Å². The molecule has 1 aromatic rings. The molecule has 57 heavy (non-hydrogen) atoms. The minimum Gasteiger partial charge on any atom is -0.462 e. The first kappa shape index (κ1) is 48.2. The van der Waals surface area contributed by atoms with E-state index in [1.807, 2.05) is 0 Å². The van der Waals surface area contributed by atoms with Crippen LogP contribution in [0.1, 0.15) is 211 Å². The van der Waals surface area contributed by atoms with E-state index in [1.165, 1.54) is 102 Å². The molecule has 328 valence electrons. The fourth-order valence-corrected chi connectivity index (χ4v) is 12.1. The Morgan fingerprint density at radius 2 is 1.30 bits per heavy atom. The molecule has 0 aromatic heterocycles. The summed E-state index contributed by atoms with van der Waals surface area (Å²) in [7, 11) is -1.36. The Morgan fingerprint density at radius 3 is 1.93 bits per heavy atom. The Bertz CT molecular complexity index is 1320. The summed E-state index contributed by atoms with van der Waals surface area (Å²) in [6.07, 6.45) is 24.3. The molecular weight excluding hydrogens is 752 g/mol. The molecule has 7 unspecified atom stereocenters. The van der Waals surface area contributed by atoms with Crippen LogP contribution in [0.3, 0.4) is 0 Å².